The van der Waals surface area contributed by atoms with Gasteiger partial charge in [-0.25, -0.2) is 14.6 Å². The smallest absolute Gasteiger partial charge is 0.387 e. The van der Waals surface area contributed by atoms with Crippen molar-refractivity contribution >= 4 is 16.9 Å². The molecule has 4 aromatic rings. The van der Waals surface area contributed by atoms with Crippen molar-refractivity contribution in [2.24, 2.45) is 0 Å². The van der Waals surface area contributed by atoms with Gasteiger partial charge in [0.25, 0.3) is 5.56 Å². The molecule has 0 bridgehead atoms. The van der Waals surface area contributed by atoms with E-state index in [2.05, 4.69) is 15.3 Å². The van der Waals surface area contributed by atoms with E-state index in [-0.39, 0.29) is 17.4 Å². The number of nitrogens with one attached hydrogen (secondary N) is 1. The van der Waals surface area contributed by atoms with Gasteiger partial charge in [-0.15, -0.1) is 0 Å². The first kappa shape index (κ1) is 23.0. The highest BCUT2D eigenvalue weighted by Gasteiger charge is 2.30. The molecule has 0 unspecified atom stereocenters. The number of methoxy groups -OCH3 is 1. The average Bonchev–Trinajstić information content (AvgIpc) is 3.42. The fraction of sp³-hybridized carbons (Fsp3) is 0.320. The van der Waals surface area contributed by atoms with Gasteiger partial charge in [0.05, 0.1) is 16.9 Å². The molecule has 2 aromatic carbocycles. The van der Waals surface area contributed by atoms with Crippen molar-refractivity contribution in [1.82, 2.24) is 19.3 Å². The zero-order valence-electron chi connectivity index (χ0n) is 19.2. The van der Waals surface area contributed by atoms with Crippen molar-refractivity contribution in [3.05, 3.63) is 70.8 Å². The van der Waals surface area contributed by atoms with Crippen LogP contribution in [-0.2, 0) is 11.3 Å². The Labute approximate surface area is 200 Å². The molecule has 0 aliphatic carbocycles. The Kier molecular flexibility index (Phi) is 6.45. The van der Waals surface area contributed by atoms with Gasteiger partial charge in [-0.3, -0.25) is 9.48 Å². The number of nitrogens with zero attached hydrogens (tertiary/aromatic N) is 4. The van der Waals surface area contributed by atoms with E-state index in [9.17, 15) is 13.6 Å². The highest BCUT2D eigenvalue weighted by molar-refractivity contribution is 5.84. The summed E-state index contributed by atoms with van der Waals surface area (Å²) in [6.07, 6.45) is 4.91. The summed E-state index contributed by atoms with van der Waals surface area (Å²) in [7, 11) is 1.66. The van der Waals surface area contributed by atoms with E-state index in [1.165, 1.54) is 6.07 Å². The molecule has 0 spiro atoms. The first-order valence-corrected chi connectivity index (χ1v) is 11.4. The molecule has 35 heavy (non-hydrogen) atoms. The van der Waals surface area contributed by atoms with E-state index in [0.29, 0.717) is 43.0 Å². The summed E-state index contributed by atoms with van der Waals surface area (Å²) in [6, 6.07) is 12.0. The van der Waals surface area contributed by atoms with Crippen molar-refractivity contribution in [2.45, 2.75) is 32.0 Å². The molecule has 3 heterocycles. The van der Waals surface area contributed by atoms with Gasteiger partial charge in [-0.2, -0.15) is 8.78 Å². The van der Waals surface area contributed by atoms with Crippen LogP contribution in [0.3, 0.4) is 0 Å². The van der Waals surface area contributed by atoms with Gasteiger partial charge in [0.2, 0.25) is 5.95 Å². The van der Waals surface area contributed by atoms with Crippen LogP contribution in [-0.4, -0.2) is 46.2 Å². The highest BCUT2D eigenvalue weighted by Crippen LogP contribution is 2.37. The van der Waals surface area contributed by atoms with Crippen LogP contribution in [0.15, 0.2) is 59.7 Å². The summed E-state index contributed by atoms with van der Waals surface area (Å²) in [5, 5.41) is 3.72. The monoisotopic (exact) mass is 481 g/mol. The number of alkyl halides is 2. The van der Waals surface area contributed by atoms with Crippen LogP contribution in [0.5, 0.6) is 5.75 Å². The second-order valence-corrected chi connectivity index (χ2v) is 8.29. The molecule has 2 aromatic heterocycles. The molecule has 1 atom stereocenters. The largest absolute Gasteiger partial charge is 0.434 e. The molecule has 182 valence electrons. The fourth-order valence-electron chi connectivity index (χ4n) is 4.59. The first-order valence-electron chi connectivity index (χ1n) is 11.4. The number of para-hydroxylation sites is 1. The molecule has 8 nitrogen and oxygen atoms in total. The average molecular weight is 482 g/mol. The van der Waals surface area contributed by atoms with Crippen LogP contribution in [0.25, 0.3) is 22.0 Å². The van der Waals surface area contributed by atoms with Crippen molar-refractivity contribution in [3.63, 3.8) is 0 Å². The SMILES string of the molecule is COCCCNc1ncc(-c2ccc3c(=O)n4n(c3c2)[C@H](c2ccccc2OC(F)F)CC4)cn1. The molecule has 5 rings (SSSR count). The molecule has 1 aliphatic heterocycles. The number of halogens is 2. The van der Waals surface area contributed by atoms with Gasteiger partial charge in [0.15, 0.2) is 0 Å². The third-order valence-electron chi connectivity index (χ3n) is 6.17. The summed E-state index contributed by atoms with van der Waals surface area (Å²) in [4.78, 5) is 21.8. The van der Waals surface area contributed by atoms with E-state index in [1.807, 2.05) is 16.8 Å². The number of hydrogen-bond acceptors (Lipinski definition) is 6. The number of fused-ring (bicyclic) bond motifs is 3. The van der Waals surface area contributed by atoms with E-state index >= 15 is 0 Å². The Hall–Kier alpha value is -3.79. The minimum Gasteiger partial charge on any atom is -0.434 e. The van der Waals surface area contributed by atoms with Crippen molar-refractivity contribution in [2.75, 3.05) is 25.6 Å². The molecule has 0 saturated carbocycles. The van der Waals surface area contributed by atoms with Crippen LogP contribution in [0.2, 0.25) is 0 Å². The maximum absolute atomic E-state index is 13.0. The molecule has 0 radical (unpaired) electrons. The minimum atomic E-state index is -2.93. The van der Waals surface area contributed by atoms with Gasteiger partial charge < -0.3 is 14.8 Å². The van der Waals surface area contributed by atoms with E-state index in [0.717, 1.165) is 23.1 Å². The Morgan fingerprint density at radius 2 is 1.94 bits per heavy atom. The van der Waals surface area contributed by atoms with Crippen LogP contribution >= 0.6 is 0 Å². The van der Waals surface area contributed by atoms with Crippen LogP contribution in [0.1, 0.15) is 24.4 Å². The van der Waals surface area contributed by atoms with E-state index in [4.69, 9.17) is 9.47 Å². The predicted octanol–water partition coefficient (Wildman–Crippen LogP) is 4.30. The Morgan fingerprint density at radius 1 is 1.14 bits per heavy atom. The quantitative estimate of drug-likeness (QED) is 0.359. The zero-order chi connectivity index (χ0) is 24.4. The maximum Gasteiger partial charge on any atom is 0.387 e. The lowest BCUT2D eigenvalue weighted by Crippen LogP contribution is -2.18. The van der Waals surface area contributed by atoms with Gasteiger partial charge >= 0.3 is 6.61 Å². The topological polar surface area (TPSA) is 83.2 Å². The zero-order valence-corrected chi connectivity index (χ0v) is 19.2. The predicted molar refractivity (Wildman–Crippen MR) is 128 cm³/mol. The molecular weight excluding hydrogens is 456 g/mol. The molecule has 0 fully saturated rings. The minimum absolute atomic E-state index is 0.104. The second-order valence-electron chi connectivity index (χ2n) is 8.29. The number of aromatic nitrogens is 4. The summed E-state index contributed by atoms with van der Waals surface area (Å²) < 4.78 is 39.4. The Bertz CT molecular complexity index is 1380. The standard InChI is InChI=1S/C25H25F2N5O3/c1-34-12-4-10-28-25-29-14-17(15-30-25)16-7-8-19-21(13-16)32-20(9-11-31(32)23(19)33)18-5-2-3-6-22(18)35-24(26)27/h2-3,5-8,13-15,20,24H,4,9-12H2,1H3,(H,28,29,30)/t20-/m0/s1. The second kappa shape index (κ2) is 9.83. The van der Waals surface area contributed by atoms with Crippen molar-refractivity contribution in [1.29, 1.82) is 0 Å². The van der Waals surface area contributed by atoms with Crippen molar-refractivity contribution < 1.29 is 18.3 Å². The molecule has 10 heteroatoms. The summed E-state index contributed by atoms with van der Waals surface area (Å²) >= 11 is 0. The van der Waals surface area contributed by atoms with Gasteiger partial charge in [-0.1, -0.05) is 24.3 Å². The summed E-state index contributed by atoms with van der Waals surface area (Å²) in [5.41, 5.74) is 2.90. The molecular formula is C25H25F2N5O3. The molecule has 0 saturated heterocycles. The Balaban J connectivity index is 1.49. The Morgan fingerprint density at radius 3 is 2.71 bits per heavy atom. The number of rotatable bonds is 9. The highest BCUT2D eigenvalue weighted by atomic mass is 19.3. The van der Waals surface area contributed by atoms with E-state index < -0.39 is 6.61 Å². The number of ether oxygens (including phenoxy) is 2. The third-order valence-corrected chi connectivity index (χ3v) is 6.17. The van der Waals surface area contributed by atoms with Gasteiger partial charge in [0, 0.05) is 50.3 Å². The molecule has 1 N–H and O–H groups in total. The van der Waals surface area contributed by atoms with Gasteiger partial charge in [0.1, 0.15) is 5.75 Å². The lowest BCUT2D eigenvalue weighted by Gasteiger charge is -2.18. The lowest BCUT2D eigenvalue weighted by molar-refractivity contribution is -0.0507. The van der Waals surface area contributed by atoms with Crippen molar-refractivity contribution in [3.8, 4) is 16.9 Å². The van der Waals surface area contributed by atoms with Crippen LogP contribution in [0, 0.1) is 0 Å². The lowest BCUT2D eigenvalue weighted by atomic mass is 10.0. The van der Waals surface area contributed by atoms with Crippen LogP contribution in [0.4, 0.5) is 14.7 Å². The maximum atomic E-state index is 13.0. The fourth-order valence-corrected chi connectivity index (χ4v) is 4.59. The number of hydrogen-bond donors (Lipinski definition) is 1. The normalized spacial score (nSPS) is 15.0. The number of benzene rings is 2. The van der Waals surface area contributed by atoms with Gasteiger partial charge in [-0.05, 0) is 36.6 Å². The third kappa shape index (κ3) is 4.49. The number of anilines is 1. The molecule has 0 amide bonds. The van der Waals surface area contributed by atoms with Crippen LogP contribution < -0.4 is 15.6 Å². The summed E-state index contributed by atoms with van der Waals surface area (Å²) in [6.45, 7) is -1.07. The van der Waals surface area contributed by atoms with E-state index in [1.54, 1.807) is 48.5 Å². The molecule has 1 aliphatic rings. The first-order chi connectivity index (χ1) is 17.1. The summed E-state index contributed by atoms with van der Waals surface area (Å²) in [5.74, 6) is 0.649.